The average Bonchev–Trinajstić information content (AvgIpc) is 3.19. The van der Waals surface area contributed by atoms with E-state index in [0.29, 0.717) is 24.6 Å². The van der Waals surface area contributed by atoms with Gasteiger partial charge in [-0.1, -0.05) is 35.0 Å². The predicted octanol–water partition coefficient (Wildman–Crippen LogP) is 3.85. The maximum atomic E-state index is 12.9. The first-order chi connectivity index (χ1) is 13.1. The minimum atomic E-state index is -0.397. The number of Topliss-reactive ketones (excluding diaryl/α,β-unsaturated/α-hetero) is 1. The Hall–Kier alpha value is -2.54. The van der Waals surface area contributed by atoms with E-state index in [2.05, 4.69) is 44.8 Å². The Morgan fingerprint density at radius 3 is 3.04 bits per heavy atom. The monoisotopic (exact) mass is 425 g/mol. The molecule has 0 saturated heterocycles. The molecule has 1 aromatic carbocycles. The summed E-state index contributed by atoms with van der Waals surface area (Å²) in [6.45, 7) is 7.16. The van der Waals surface area contributed by atoms with Crippen molar-refractivity contribution in [1.29, 1.82) is 0 Å². The van der Waals surface area contributed by atoms with Gasteiger partial charge in [-0.3, -0.25) is 9.48 Å². The fraction of sp³-hybridized carbons (Fsp3) is 0.300. The van der Waals surface area contributed by atoms with Crippen LogP contribution in [-0.2, 0) is 17.8 Å². The van der Waals surface area contributed by atoms with Crippen LogP contribution < -0.4 is 5.32 Å². The van der Waals surface area contributed by atoms with Crippen LogP contribution in [0.5, 0.6) is 0 Å². The summed E-state index contributed by atoms with van der Waals surface area (Å²) in [6.07, 6.45) is 5.10. The Bertz CT molecular complexity index is 1040. The lowest BCUT2D eigenvalue weighted by Gasteiger charge is -2.13. The molecule has 1 aliphatic carbocycles. The van der Waals surface area contributed by atoms with E-state index >= 15 is 0 Å². The zero-order valence-electron chi connectivity index (χ0n) is 15.1. The molecule has 2 aromatic heterocycles. The highest BCUT2D eigenvalue weighted by Gasteiger charge is 2.35. The van der Waals surface area contributed by atoms with Gasteiger partial charge in [0.25, 0.3) is 0 Å². The van der Waals surface area contributed by atoms with Crippen LogP contribution in [0.15, 0.2) is 41.5 Å². The minimum Gasteiger partial charge on any atom is -0.351 e. The number of nitrogens with one attached hydrogen (secondary N) is 1. The molecule has 1 N–H and O–H groups in total. The first kappa shape index (κ1) is 17.9. The van der Waals surface area contributed by atoms with Gasteiger partial charge in [-0.2, -0.15) is 10.1 Å². The SMILES string of the molecule is C=CCNc1nc(C2C(=O)Cc3ccc(Br)cc32)c2cn(CCC)nc2n1. The number of ketones is 1. The fourth-order valence-electron chi connectivity index (χ4n) is 3.54. The van der Waals surface area contributed by atoms with Gasteiger partial charge in [-0.25, -0.2) is 4.98 Å². The largest absolute Gasteiger partial charge is 0.351 e. The van der Waals surface area contributed by atoms with Gasteiger partial charge in [-0.05, 0) is 29.7 Å². The number of halogens is 1. The van der Waals surface area contributed by atoms with Gasteiger partial charge in [0.2, 0.25) is 5.95 Å². The summed E-state index contributed by atoms with van der Waals surface area (Å²) in [7, 11) is 0. The number of hydrogen-bond donors (Lipinski definition) is 1. The number of carbonyl (C=O) groups is 1. The molecule has 138 valence electrons. The van der Waals surface area contributed by atoms with Crippen molar-refractivity contribution >= 4 is 38.7 Å². The van der Waals surface area contributed by atoms with E-state index in [0.717, 1.165) is 39.6 Å². The van der Waals surface area contributed by atoms with Gasteiger partial charge in [0, 0.05) is 30.2 Å². The fourth-order valence-corrected chi connectivity index (χ4v) is 3.92. The van der Waals surface area contributed by atoms with Gasteiger partial charge in [0.1, 0.15) is 0 Å². The summed E-state index contributed by atoms with van der Waals surface area (Å²) in [6, 6.07) is 6.00. The van der Waals surface area contributed by atoms with Crippen molar-refractivity contribution in [3.05, 3.63) is 58.3 Å². The topological polar surface area (TPSA) is 72.7 Å². The number of rotatable bonds is 6. The smallest absolute Gasteiger partial charge is 0.225 e. The lowest BCUT2D eigenvalue weighted by molar-refractivity contribution is -0.118. The zero-order chi connectivity index (χ0) is 19.0. The predicted molar refractivity (Wildman–Crippen MR) is 109 cm³/mol. The van der Waals surface area contributed by atoms with Gasteiger partial charge in [0.05, 0.1) is 17.0 Å². The molecule has 1 unspecified atom stereocenters. The van der Waals surface area contributed by atoms with E-state index < -0.39 is 5.92 Å². The molecule has 1 aliphatic rings. The summed E-state index contributed by atoms with van der Waals surface area (Å²) in [5, 5.41) is 8.54. The second-order valence-electron chi connectivity index (χ2n) is 6.65. The number of carbonyl (C=O) groups excluding carboxylic acids is 1. The van der Waals surface area contributed by atoms with Crippen LogP contribution >= 0.6 is 15.9 Å². The Morgan fingerprint density at radius 1 is 1.41 bits per heavy atom. The first-order valence-corrected chi connectivity index (χ1v) is 9.81. The molecule has 7 heteroatoms. The zero-order valence-corrected chi connectivity index (χ0v) is 16.7. The normalized spacial score (nSPS) is 15.9. The maximum absolute atomic E-state index is 12.9. The molecule has 27 heavy (non-hydrogen) atoms. The quantitative estimate of drug-likeness (QED) is 0.607. The summed E-state index contributed by atoms with van der Waals surface area (Å²) in [4.78, 5) is 22.1. The van der Waals surface area contributed by atoms with Crippen molar-refractivity contribution < 1.29 is 4.79 Å². The summed E-state index contributed by atoms with van der Waals surface area (Å²) in [5.41, 5.74) is 3.39. The molecule has 0 aliphatic heterocycles. The van der Waals surface area contributed by atoms with Crippen molar-refractivity contribution in [1.82, 2.24) is 19.7 Å². The van der Waals surface area contributed by atoms with Crippen LogP contribution in [0.2, 0.25) is 0 Å². The molecule has 6 nitrogen and oxygen atoms in total. The van der Waals surface area contributed by atoms with Crippen LogP contribution in [0.3, 0.4) is 0 Å². The van der Waals surface area contributed by atoms with Crippen molar-refractivity contribution in [2.45, 2.75) is 32.2 Å². The number of hydrogen-bond acceptors (Lipinski definition) is 5. The standard InChI is InChI=1S/C20H20BrN5O/c1-3-7-22-20-23-18(15-11-26(8-4-2)25-19(15)24-20)17-14-10-13(21)6-5-12(14)9-16(17)27/h3,5-6,10-11,17H,1,4,7-9H2,2H3,(H,22,24,25). The Labute approximate surface area is 165 Å². The molecule has 0 bridgehead atoms. The highest BCUT2D eigenvalue weighted by Crippen LogP contribution is 2.39. The summed E-state index contributed by atoms with van der Waals surface area (Å²) in [5.74, 6) is 0.225. The number of aromatic nitrogens is 4. The Balaban J connectivity index is 1.90. The maximum Gasteiger partial charge on any atom is 0.225 e. The molecule has 0 fully saturated rings. The Kier molecular flexibility index (Phi) is 4.78. The first-order valence-electron chi connectivity index (χ1n) is 9.01. The third-order valence-corrected chi connectivity index (χ3v) is 5.19. The number of fused-ring (bicyclic) bond motifs is 2. The van der Waals surface area contributed by atoms with E-state index in [-0.39, 0.29) is 5.78 Å². The molecule has 2 heterocycles. The highest BCUT2D eigenvalue weighted by molar-refractivity contribution is 9.10. The molecule has 1 atom stereocenters. The minimum absolute atomic E-state index is 0.154. The number of nitrogens with zero attached hydrogens (tertiary/aromatic N) is 4. The molecule has 0 saturated carbocycles. The highest BCUT2D eigenvalue weighted by atomic mass is 79.9. The van der Waals surface area contributed by atoms with Crippen molar-refractivity contribution in [3.63, 3.8) is 0 Å². The van der Waals surface area contributed by atoms with Crippen LogP contribution in [0, 0.1) is 0 Å². The van der Waals surface area contributed by atoms with E-state index in [4.69, 9.17) is 4.98 Å². The molecule has 0 amide bonds. The third-order valence-electron chi connectivity index (χ3n) is 4.69. The van der Waals surface area contributed by atoms with Crippen LogP contribution in [0.1, 0.15) is 36.1 Å². The number of benzene rings is 1. The van der Waals surface area contributed by atoms with E-state index in [9.17, 15) is 4.79 Å². The molecule has 4 rings (SSSR count). The van der Waals surface area contributed by atoms with Gasteiger partial charge >= 0.3 is 0 Å². The molecule has 0 radical (unpaired) electrons. The van der Waals surface area contributed by atoms with Gasteiger partial charge in [0.15, 0.2) is 11.4 Å². The van der Waals surface area contributed by atoms with E-state index in [1.807, 2.05) is 29.1 Å². The van der Waals surface area contributed by atoms with Crippen LogP contribution in [-0.4, -0.2) is 32.1 Å². The van der Waals surface area contributed by atoms with E-state index in [1.54, 1.807) is 6.08 Å². The molecule has 0 spiro atoms. The van der Waals surface area contributed by atoms with E-state index in [1.165, 1.54) is 0 Å². The summed E-state index contributed by atoms with van der Waals surface area (Å²) < 4.78 is 2.83. The molecular weight excluding hydrogens is 406 g/mol. The van der Waals surface area contributed by atoms with Crippen molar-refractivity contribution in [2.24, 2.45) is 0 Å². The molecule has 3 aromatic rings. The molecular formula is C20H20BrN5O. The average molecular weight is 426 g/mol. The summed E-state index contributed by atoms with van der Waals surface area (Å²) >= 11 is 3.52. The van der Waals surface area contributed by atoms with Gasteiger partial charge < -0.3 is 5.32 Å². The second-order valence-corrected chi connectivity index (χ2v) is 7.57. The Morgan fingerprint density at radius 2 is 2.26 bits per heavy atom. The van der Waals surface area contributed by atoms with Crippen molar-refractivity contribution in [3.8, 4) is 0 Å². The lowest BCUT2D eigenvalue weighted by Crippen LogP contribution is -2.13. The lowest BCUT2D eigenvalue weighted by atomic mass is 9.95. The second kappa shape index (κ2) is 7.23. The van der Waals surface area contributed by atoms with Gasteiger partial charge in [-0.15, -0.1) is 6.58 Å². The number of aryl methyl sites for hydroxylation is 1. The van der Waals surface area contributed by atoms with Crippen molar-refractivity contribution in [2.75, 3.05) is 11.9 Å². The van der Waals surface area contributed by atoms with Crippen LogP contribution in [0.4, 0.5) is 5.95 Å². The number of anilines is 1. The van der Waals surface area contributed by atoms with Crippen LogP contribution in [0.25, 0.3) is 11.0 Å². The third kappa shape index (κ3) is 3.27.